The molecule has 1 heterocycles. The Hall–Kier alpha value is -2.55. The highest BCUT2D eigenvalue weighted by Crippen LogP contribution is 2.68. The molecule has 5 aromatic rings. The molecule has 2 heteroatoms. The largest absolute Gasteiger partial charge is 0.192 e. The maximum atomic E-state index is 3.68. The summed E-state index contributed by atoms with van der Waals surface area (Å²) in [5.41, 5.74) is 5.41. The third kappa shape index (κ3) is 2.54. The number of hydrogen-bond donors (Lipinski definition) is 0. The summed E-state index contributed by atoms with van der Waals surface area (Å²) in [5.74, 6) is 0. The number of hydrogen-bond acceptors (Lipinski definition) is 0. The van der Waals surface area contributed by atoms with Gasteiger partial charge in [-0.05, 0) is 80.6 Å². The normalized spacial score (nSPS) is 15.2. The molecule has 0 radical (unpaired) electrons. The van der Waals surface area contributed by atoms with Gasteiger partial charge in [0.25, 0.3) is 0 Å². The van der Waals surface area contributed by atoms with Crippen LogP contribution in [0.2, 0.25) is 0 Å². The van der Waals surface area contributed by atoms with Crippen LogP contribution in [0.25, 0.3) is 43.8 Å². The summed E-state index contributed by atoms with van der Waals surface area (Å²) in [6.45, 7) is 0. The van der Waals surface area contributed by atoms with Gasteiger partial charge in [-0.25, -0.2) is 0 Å². The quantitative estimate of drug-likeness (QED) is 0.215. The third-order valence-electron chi connectivity index (χ3n) is 6.39. The van der Waals surface area contributed by atoms with Crippen molar-refractivity contribution in [1.29, 1.82) is 0 Å². The molecule has 1 aliphatic rings. The van der Waals surface area contributed by atoms with Crippen LogP contribution in [-0.4, -0.2) is 12.5 Å². The van der Waals surface area contributed by atoms with E-state index in [-0.39, 0.29) is 0 Å². The van der Waals surface area contributed by atoms with Crippen LogP contribution in [0.15, 0.2) is 105 Å². The van der Waals surface area contributed by atoms with Crippen LogP contribution in [-0.2, 0) is 0 Å². The highest BCUT2D eigenvalue weighted by Gasteiger charge is 2.32. The second-order valence-electron chi connectivity index (χ2n) is 8.37. The first kappa shape index (κ1) is 18.2. The second kappa shape index (κ2) is 6.47. The van der Waals surface area contributed by atoms with Crippen molar-refractivity contribution >= 4 is 47.5 Å². The van der Waals surface area contributed by atoms with Gasteiger partial charge in [-0.2, -0.15) is 10.0 Å². The molecule has 0 amide bonds. The van der Waals surface area contributed by atoms with E-state index in [9.17, 15) is 0 Å². The minimum Gasteiger partial charge on any atom is -0.192 e. The summed E-state index contributed by atoms with van der Waals surface area (Å²) in [7, 11) is -1.04. The van der Waals surface area contributed by atoms with Crippen molar-refractivity contribution in [3.63, 3.8) is 0 Å². The van der Waals surface area contributed by atoms with Crippen molar-refractivity contribution in [2.75, 3.05) is 12.5 Å². The fraction of sp³-hybridized carbons (Fsp3) is 0.0714. The number of rotatable bonds is 1. The fourth-order valence-corrected chi connectivity index (χ4v) is 7.94. The van der Waals surface area contributed by atoms with Crippen molar-refractivity contribution in [1.82, 2.24) is 0 Å². The van der Waals surface area contributed by atoms with E-state index in [1.165, 1.54) is 53.6 Å². The Morgan fingerprint density at radius 2 is 1.20 bits per heavy atom. The topological polar surface area (TPSA) is 0 Å². The lowest BCUT2D eigenvalue weighted by molar-refractivity contribution is 1.43. The molecule has 0 bridgehead atoms. The van der Waals surface area contributed by atoms with E-state index in [0.717, 1.165) is 4.47 Å². The van der Waals surface area contributed by atoms with Gasteiger partial charge in [-0.1, -0.05) is 82.7 Å². The predicted molar refractivity (Wildman–Crippen MR) is 136 cm³/mol. The molecule has 0 aromatic heterocycles. The van der Waals surface area contributed by atoms with Crippen molar-refractivity contribution in [2.45, 2.75) is 9.79 Å². The molecule has 0 saturated carbocycles. The zero-order valence-electron chi connectivity index (χ0n) is 16.9. The molecular formula is C28H21BrS. The fourth-order valence-electron chi connectivity index (χ4n) is 4.89. The van der Waals surface area contributed by atoms with Crippen LogP contribution in [0.1, 0.15) is 0 Å². The Balaban J connectivity index is 1.63. The minimum atomic E-state index is -1.04. The van der Waals surface area contributed by atoms with Crippen LogP contribution < -0.4 is 0 Å². The molecular weight excluding hydrogens is 448 g/mol. The van der Waals surface area contributed by atoms with Crippen LogP contribution in [0.3, 0.4) is 0 Å². The molecule has 0 fully saturated rings. The van der Waals surface area contributed by atoms with Crippen LogP contribution in [0.5, 0.6) is 0 Å². The Bertz CT molecular complexity index is 1480. The number of benzene rings is 5. The zero-order valence-corrected chi connectivity index (χ0v) is 19.3. The van der Waals surface area contributed by atoms with Crippen LogP contribution >= 0.6 is 26.0 Å². The second-order valence-corrected chi connectivity index (χ2v) is 12.8. The van der Waals surface area contributed by atoms with Crippen LogP contribution in [0.4, 0.5) is 0 Å². The van der Waals surface area contributed by atoms with Gasteiger partial charge in [0.1, 0.15) is 0 Å². The molecule has 0 unspecified atom stereocenters. The third-order valence-corrected chi connectivity index (χ3v) is 9.76. The summed E-state index contributed by atoms with van der Waals surface area (Å²) in [4.78, 5) is 2.97. The van der Waals surface area contributed by atoms with E-state index in [1.54, 1.807) is 0 Å². The van der Waals surface area contributed by atoms with E-state index < -0.39 is 10.0 Å². The number of fused-ring (bicyclic) bond motifs is 6. The van der Waals surface area contributed by atoms with E-state index in [0.29, 0.717) is 0 Å². The average Bonchev–Trinajstić information content (AvgIpc) is 2.99. The van der Waals surface area contributed by atoms with Gasteiger partial charge < -0.3 is 0 Å². The van der Waals surface area contributed by atoms with Gasteiger partial charge in [0.15, 0.2) is 0 Å². The Morgan fingerprint density at radius 1 is 0.567 bits per heavy atom. The molecule has 0 nitrogen and oxygen atoms in total. The van der Waals surface area contributed by atoms with Crippen molar-refractivity contribution in [2.24, 2.45) is 0 Å². The van der Waals surface area contributed by atoms with Crippen molar-refractivity contribution in [3.8, 4) is 22.3 Å². The Labute approximate surface area is 187 Å². The van der Waals surface area contributed by atoms with Gasteiger partial charge in [0.2, 0.25) is 0 Å². The smallest absolute Gasteiger partial charge is 0.0186 e. The first-order chi connectivity index (χ1) is 14.5. The molecule has 5 aromatic carbocycles. The first-order valence-corrected chi connectivity index (χ1v) is 13.4. The highest BCUT2D eigenvalue weighted by molar-refractivity contribution is 9.10. The lowest BCUT2D eigenvalue weighted by Crippen LogP contribution is -1.93. The van der Waals surface area contributed by atoms with Gasteiger partial charge >= 0.3 is 0 Å². The maximum absolute atomic E-state index is 3.68. The maximum Gasteiger partial charge on any atom is 0.0186 e. The van der Waals surface area contributed by atoms with Gasteiger partial charge in [-0.3, -0.25) is 0 Å². The lowest BCUT2D eigenvalue weighted by Gasteiger charge is -2.28. The molecule has 0 saturated heterocycles. The molecule has 1 aliphatic heterocycles. The van der Waals surface area contributed by atoms with Gasteiger partial charge in [0.05, 0.1) is 0 Å². The molecule has 0 N–H and O–H groups in total. The molecule has 0 spiro atoms. The summed E-state index contributed by atoms with van der Waals surface area (Å²) in [5, 5.41) is 5.26. The van der Waals surface area contributed by atoms with E-state index in [1.807, 2.05) is 0 Å². The molecule has 0 aliphatic carbocycles. The average molecular weight is 469 g/mol. The highest BCUT2D eigenvalue weighted by atomic mass is 79.9. The summed E-state index contributed by atoms with van der Waals surface area (Å²) < 4.78 is 1.16. The summed E-state index contributed by atoms with van der Waals surface area (Å²) in [6, 6.07) is 33.7. The van der Waals surface area contributed by atoms with Crippen molar-refractivity contribution < 1.29 is 0 Å². The Kier molecular flexibility index (Phi) is 3.93. The molecule has 146 valence electrons. The van der Waals surface area contributed by atoms with Crippen LogP contribution in [0, 0.1) is 0 Å². The van der Waals surface area contributed by atoms with E-state index >= 15 is 0 Å². The van der Waals surface area contributed by atoms with Crippen molar-refractivity contribution in [3.05, 3.63) is 95.5 Å². The zero-order chi connectivity index (χ0) is 20.5. The minimum absolute atomic E-state index is 1.04. The predicted octanol–water partition coefficient (Wildman–Crippen LogP) is 8.89. The van der Waals surface area contributed by atoms with E-state index in [4.69, 9.17) is 0 Å². The summed E-state index contributed by atoms with van der Waals surface area (Å²) in [6.07, 6.45) is 4.85. The molecule has 0 atom stereocenters. The number of halogens is 1. The Morgan fingerprint density at radius 3 is 2.00 bits per heavy atom. The summed E-state index contributed by atoms with van der Waals surface area (Å²) >= 11 is 3.68. The van der Waals surface area contributed by atoms with Gasteiger partial charge in [0, 0.05) is 14.3 Å². The lowest BCUT2D eigenvalue weighted by atomic mass is 9.92. The molecule has 30 heavy (non-hydrogen) atoms. The first-order valence-electron chi connectivity index (χ1n) is 10.1. The van der Waals surface area contributed by atoms with E-state index in [2.05, 4.69) is 119 Å². The SMILES string of the molecule is CS1(C)c2cc(Br)ccc2-c2ccc(-c3cc4ccccc4c4ccccc34)cc21. The monoisotopic (exact) mass is 468 g/mol. The van der Waals surface area contributed by atoms with Gasteiger partial charge in [-0.15, -0.1) is 0 Å². The molecule has 6 rings (SSSR count). The standard InChI is InChI=1S/C28H21BrS/c1-30(2)27-16-19(11-13-24(27)25-14-12-20(29)17-28(25)30)26-15-18-7-3-4-8-21(18)22-9-5-6-10-23(22)26/h3-17H,1-2H3.